The quantitative estimate of drug-likeness (QED) is 0.413. The molecule has 0 heterocycles. The number of carbonyl (C=O) groups excluding carboxylic acids is 3. The molecule has 7 heteroatoms. The number of ether oxygens (including phenoxy) is 2. The molecule has 2 rings (SSSR count). The van der Waals surface area contributed by atoms with E-state index in [2.05, 4.69) is 33.9 Å². The van der Waals surface area contributed by atoms with Crippen LogP contribution in [0, 0.1) is 17.3 Å². The lowest BCUT2D eigenvalue weighted by Crippen LogP contribution is -2.43. The van der Waals surface area contributed by atoms with E-state index in [4.69, 9.17) is 13.9 Å². The van der Waals surface area contributed by atoms with E-state index in [0.717, 1.165) is 5.57 Å². The highest BCUT2D eigenvalue weighted by molar-refractivity contribution is 6.74. The number of allylic oxidation sites excluding steroid dienone is 2. The fourth-order valence-electron chi connectivity index (χ4n) is 3.60. The summed E-state index contributed by atoms with van der Waals surface area (Å²) in [7, 11) is 0.527. The minimum absolute atomic E-state index is 0.0204. The number of esters is 2. The molecule has 2 atom stereocenters. The van der Waals surface area contributed by atoms with E-state index in [1.54, 1.807) is 6.08 Å². The number of rotatable bonds is 5. The van der Waals surface area contributed by atoms with Crippen LogP contribution in [-0.2, 0) is 28.3 Å². The van der Waals surface area contributed by atoms with E-state index in [1.165, 1.54) is 14.2 Å². The second-order valence-electron chi connectivity index (χ2n) is 8.85. The topological polar surface area (TPSA) is 78.9 Å². The third-order valence-electron chi connectivity index (χ3n) is 6.31. The molecule has 0 amide bonds. The molecule has 6 nitrogen and oxygen atoms in total. The minimum atomic E-state index is -2.00. The molecule has 0 spiro atoms. The molecular weight excluding hydrogens is 352 g/mol. The van der Waals surface area contributed by atoms with Gasteiger partial charge in [0.1, 0.15) is 0 Å². The average Bonchev–Trinajstić information content (AvgIpc) is 3.05. The van der Waals surface area contributed by atoms with Gasteiger partial charge in [0.05, 0.1) is 20.1 Å². The maximum Gasteiger partial charge on any atom is 0.323 e. The lowest BCUT2D eigenvalue weighted by molar-refractivity contribution is -0.169. The molecule has 2 aliphatic carbocycles. The van der Waals surface area contributed by atoms with Crippen molar-refractivity contribution in [3.63, 3.8) is 0 Å². The number of methoxy groups -OCH3 is 2. The van der Waals surface area contributed by atoms with Gasteiger partial charge in [-0.05, 0) is 43.0 Å². The minimum Gasteiger partial charge on any atom is -0.468 e. The van der Waals surface area contributed by atoms with E-state index in [0.29, 0.717) is 6.61 Å². The number of ketones is 1. The average molecular weight is 383 g/mol. The van der Waals surface area contributed by atoms with Gasteiger partial charge < -0.3 is 13.9 Å². The number of fused-ring (bicyclic) bond motifs is 1. The first-order valence-electron chi connectivity index (χ1n) is 8.95. The standard InChI is InChI=1S/C19H30O6Si/c1-18(2,3)26(6,7)25-11-14-13-10-19(16(21)23-4,17(22)24-5)9-12(13)8-15(14)20/h8,13-14H,9-11H2,1-7H3/t13-,14-/m0/s1. The Hall–Kier alpha value is -1.47. The summed E-state index contributed by atoms with van der Waals surface area (Å²) < 4.78 is 16.0. The normalized spacial score (nSPS) is 24.9. The molecule has 0 aromatic carbocycles. The first kappa shape index (κ1) is 20.8. The zero-order valence-electron chi connectivity index (χ0n) is 16.8. The first-order chi connectivity index (χ1) is 11.9. The molecule has 2 aliphatic rings. The molecule has 1 fully saturated rings. The summed E-state index contributed by atoms with van der Waals surface area (Å²) in [5.41, 5.74) is -0.523. The Morgan fingerprint density at radius 1 is 1.19 bits per heavy atom. The van der Waals surface area contributed by atoms with E-state index >= 15 is 0 Å². The third kappa shape index (κ3) is 3.39. The van der Waals surface area contributed by atoms with Gasteiger partial charge in [-0.15, -0.1) is 0 Å². The highest BCUT2D eigenvalue weighted by atomic mass is 28.4. The number of carbonyl (C=O) groups is 3. The highest BCUT2D eigenvalue weighted by Crippen LogP contribution is 2.53. The predicted octanol–water partition coefficient (Wildman–Crippen LogP) is 2.88. The Labute approximate surface area is 156 Å². The summed E-state index contributed by atoms with van der Waals surface area (Å²) in [6.07, 6.45) is 1.99. The monoisotopic (exact) mass is 382 g/mol. The molecule has 0 bridgehead atoms. The Morgan fingerprint density at radius 3 is 2.19 bits per heavy atom. The van der Waals surface area contributed by atoms with E-state index < -0.39 is 25.7 Å². The van der Waals surface area contributed by atoms with Crippen molar-refractivity contribution >= 4 is 26.0 Å². The van der Waals surface area contributed by atoms with Gasteiger partial charge in [-0.2, -0.15) is 0 Å². The maximum atomic E-state index is 12.5. The van der Waals surface area contributed by atoms with Crippen LogP contribution in [0.15, 0.2) is 11.6 Å². The van der Waals surface area contributed by atoms with Crippen molar-refractivity contribution in [2.45, 2.75) is 51.7 Å². The van der Waals surface area contributed by atoms with Crippen LogP contribution in [0.25, 0.3) is 0 Å². The van der Waals surface area contributed by atoms with Gasteiger partial charge in [-0.25, -0.2) is 0 Å². The fourth-order valence-corrected chi connectivity index (χ4v) is 4.63. The van der Waals surface area contributed by atoms with Crippen LogP contribution in [0.5, 0.6) is 0 Å². The van der Waals surface area contributed by atoms with Crippen molar-refractivity contribution in [3.8, 4) is 0 Å². The van der Waals surface area contributed by atoms with Crippen molar-refractivity contribution in [2.24, 2.45) is 17.3 Å². The molecule has 1 saturated carbocycles. The van der Waals surface area contributed by atoms with E-state index in [-0.39, 0.29) is 35.5 Å². The van der Waals surface area contributed by atoms with E-state index in [9.17, 15) is 14.4 Å². The Balaban J connectivity index is 2.22. The highest BCUT2D eigenvalue weighted by Gasteiger charge is 2.59. The lowest BCUT2D eigenvalue weighted by atomic mass is 9.82. The molecular formula is C19H30O6Si. The van der Waals surface area contributed by atoms with Crippen LogP contribution < -0.4 is 0 Å². The van der Waals surface area contributed by atoms with Crippen molar-refractivity contribution < 1.29 is 28.3 Å². The maximum absolute atomic E-state index is 12.5. The molecule has 26 heavy (non-hydrogen) atoms. The van der Waals surface area contributed by atoms with E-state index in [1.807, 2.05) is 0 Å². The Kier molecular flexibility index (Phi) is 5.55. The van der Waals surface area contributed by atoms with Crippen LogP contribution in [0.3, 0.4) is 0 Å². The molecule has 0 N–H and O–H groups in total. The van der Waals surface area contributed by atoms with Gasteiger partial charge in [0.2, 0.25) is 0 Å². The zero-order valence-corrected chi connectivity index (χ0v) is 17.8. The summed E-state index contributed by atoms with van der Waals surface area (Å²) in [6.45, 7) is 11.0. The van der Waals surface area contributed by atoms with Crippen LogP contribution >= 0.6 is 0 Å². The smallest absolute Gasteiger partial charge is 0.323 e. The van der Waals surface area contributed by atoms with Crippen LogP contribution in [0.2, 0.25) is 18.1 Å². The fraction of sp³-hybridized carbons (Fsp3) is 0.737. The van der Waals surface area contributed by atoms with Crippen molar-refractivity contribution in [1.29, 1.82) is 0 Å². The summed E-state index contributed by atoms with van der Waals surface area (Å²) in [5.74, 6) is -1.71. The summed E-state index contributed by atoms with van der Waals surface area (Å²) >= 11 is 0. The third-order valence-corrected chi connectivity index (χ3v) is 10.8. The van der Waals surface area contributed by atoms with Gasteiger partial charge in [0, 0.05) is 6.61 Å². The molecule has 0 aromatic heterocycles. The van der Waals surface area contributed by atoms with Crippen molar-refractivity contribution in [2.75, 3.05) is 20.8 Å². The van der Waals surface area contributed by atoms with Crippen LogP contribution in [0.1, 0.15) is 33.6 Å². The summed E-state index contributed by atoms with van der Waals surface area (Å²) in [4.78, 5) is 37.2. The summed E-state index contributed by atoms with van der Waals surface area (Å²) in [5, 5.41) is 0.0440. The second-order valence-corrected chi connectivity index (χ2v) is 13.7. The molecule has 0 radical (unpaired) electrons. The van der Waals surface area contributed by atoms with Gasteiger partial charge >= 0.3 is 11.9 Å². The molecule has 146 valence electrons. The first-order valence-corrected chi connectivity index (χ1v) is 11.9. The summed E-state index contributed by atoms with van der Waals surface area (Å²) in [6, 6.07) is 0. The van der Waals surface area contributed by atoms with Crippen LogP contribution in [0.4, 0.5) is 0 Å². The van der Waals surface area contributed by atoms with Gasteiger partial charge in [-0.3, -0.25) is 14.4 Å². The van der Waals surface area contributed by atoms with Crippen molar-refractivity contribution in [3.05, 3.63) is 11.6 Å². The number of hydrogen-bond acceptors (Lipinski definition) is 6. The number of hydrogen-bond donors (Lipinski definition) is 0. The van der Waals surface area contributed by atoms with Crippen molar-refractivity contribution in [1.82, 2.24) is 0 Å². The van der Waals surface area contributed by atoms with Gasteiger partial charge in [0.15, 0.2) is 19.5 Å². The predicted molar refractivity (Wildman–Crippen MR) is 98.9 cm³/mol. The Bertz CT molecular complexity index is 627. The largest absolute Gasteiger partial charge is 0.468 e. The zero-order chi connectivity index (χ0) is 19.9. The molecule has 0 aromatic rings. The second kappa shape index (κ2) is 6.92. The van der Waals surface area contributed by atoms with Gasteiger partial charge in [-0.1, -0.05) is 26.3 Å². The SMILES string of the molecule is COC(=O)C1(C(=O)OC)CC2=CC(=O)[C@@H](CO[Si](C)(C)C(C)(C)C)[C@H]2C1. The molecule has 0 unspecified atom stereocenters. The lowest BCUT2D eigenvalue weighted by Gasteiger charge is -2.37. The van der Waals surface area contributed by atoms with Crippen LogP contribution in [-0.4, -0.2) is 46.9 Å². The molecule has 0 saturated heterocycles. The van der Waals surface area contributed by atoms with Gasteiger partial charge in [0.25, 0.3) is 0 Å². The molecule has 0 aliphatic heterocycles. The Morgan fingerprint density at radius 2 is 1.73 bits per heavy atom.